The number of carboxylic acid groups (broad SMARTS) is 1. The van der Waals surface area contributed by atoms with Gasteiger partial charge in [0.25, 0.3) is 0 Å². The van der Waals surface area contributed by atoms with Gasteiger partial charge in [-0.05, 0) is 38.4 Å². The molecular weight excluding hydrogens is 320 g/mol. The lowest BCUT2D eigenvalue weighted by Crippen LogP contribution is -2.47. The third-order valence-corrected chi connectivity index (χ3v) is 3.71. The van der Waals surface area contributed by atoms with Crippen molar-refractivity contribution in [3.05, 3.63) is 24.3 Å². The summed E-state index contributed by atoms with van der Waals surface area (Å²) in [6.45, 7) is 3.11. The van der Waals surface area contributed by atoms with E-state index in [1.54, 1.807) is 17.0 Å². The number of rotatable bonds is 6. The van der Waals surface area contributed by atoms with Gasteiger partial charge in [0, 0.05) is 0 Å². The second-order valence-electron chi connectivity index (χ2n) is 5.30. The number of carbonyl (C=O) groups excluding carboxylic acids is 1. The van der Waals surface area contributed by atoms with Gasteiger partial charge in [0.15, 0.2) is 0 Å². The Morgan fingerprint density at radius 1 is 1.35 bits per heavy atom. The van der Waals surface area contributed by atoms with Gasteiger partial charge in [-0.2, -0.15) is 0 Å². The summed E-state index contributed by atoms with van der Waals surface area (Å²) in [5.41, 5.74) is 0.609. The number of piperidine rings is 1. The highest BCUT2D eigenvalue weighted by molar-refractivity contribution is 5.94. The first-order valence-electron chi connectivity index (χ1n) is 7.60. The molecule has 6 nitrogen and oxygen atoms in total. The number of carbonyl (C=O) groups is 2. The van der Waals surface area contributed by atoms with Crippen LogP contribution in [0.25, 0.3) is 0 Å². The number of anilines is 1. The molecule has 1 aliphatic rings. The second-order valence-corrected chi connectivity index (χ2v) is 5.30. The van der Waals surface area contributed by atoms with E-state index < -0.39 is 12.0 Å². The summed E-state index contributed by atoms with van der Waals surface area (Å²) in [5.74, 6) is -0.464. The molecule has 1 aromatic carbocycles. The molecule has 1 aromatic rings. The molecule has 1 fully saturated rings. The summed E-state index contributed by atoms with van der Waals surface area (Å²) in [5, 5.41) is 12.0. The molecule has 2 rings (SSSR count). The third kappa shape index (κ3) is 5.41. The molecule has 0 radical (unpaired) electrons. The van der Waals surface area contributed by atoms with Crippen LogP contribution < -0.4 is 10.1 Å². The molecule has 0 aliphatic carbocycles. The molecule has 0 saturated carbocycles. The van der Waals surface area contributed by atoms with Crippen molar-refractivity contribution in [2.24, 2.45) is 0 Å². The van der Waals surface area contributed by atoms with Crippen molar-refractivity contribution in [3.8, 4) is 5.75 Å². The molecule has 1 heterocycles. The molecular formula is C16H23ClN2O4. The van der Waals surface area contributed by atoms with Gasteiger partial charge >= 0.3 is 5.97 Å². The number of nitrogens with one attached hydrogen (secondary N) is 1. The van der Waals surface area contributed by atoms with E-state index in [-0.39, 0.29) is 24.9 Å². The average molecular weight is 343 g/mol. The number of para-hydroxylation sites is 2. The highest BCUT2D eigenvalue weighted by Crippen LogP contribution is 2.24. The third-order valence-electron chi connectivity index (χ3n) is 3.71. The molecule has 1 unspecified atom stereocenters. The van der Waals surface area contributed by atoms with Crippen molar-refractivity contribution in [2.45, 2.75) is 32.2 Å². The Morgan fingerprint density at radius 3 is 2.78 bits per heavy atom. The Labute approximate surface area is 142 Å². The van der Waals surface area contributed by atoms with Gasteiger partial charge < -0.3 is 15.2 Å². The van der Waals surface area contributed by atoms with Gasteiger partial charge in [-0.3, -0.25) is 14.5 Å². The highest BCUT2D eigenvalue weighted by Gasteiger charge is 2.29. The second kappa shape index (κ2) is 9.37. The van der Waals surface area contributed by atoms with E-state index in [0.29, 0.717) is 31.0 Å². The molecule has 1 aliphatic heterocycles. The lowest BCUT2D eigenvalue weighted by molar-refractivity contribution is -0.145. The summed E-state index contributed by atoms with van der Waals surface area (Å²) >= 11 is 0. The lowest BCUT2D eigenvalue weighted by atomic mass is 10.0. The lowest BCUT2D eigenvalue weighted by Gasteiger charge is -2.32. The van der Waals surface area contributed by atoms with Crippen LogP contribution in [0, 0.1) is 0 Å². The minimum atomic E-state index is -0.859. The molecule has 0 aromatic heterocycles. The quantitative estimate of drug-likeness (QED) is 0.829. The number of ether oxygens (including phenoxy) is 1. The molecule has 0 spiro atoms. The summed E-state index contributed by atoms with van der Waals surface area (Å²) < 4.78 is 5.46. The Balaban J connectivity index is 0.00000264. The fourth-order valence-electron chi connectivity index (χ4n) is 2.69. The maximum absolute atomic E-state index is 12.2. The topological polar surface area (TPSA) is 78.9 Å². The fourth-order valence-corrected chi connectivity index (χ4v) is 2.69. The zero-order valence-corrected chi connectivity index (χ0v) is 14.0. The van der Waals surface area contributed by atoms with Crippen LogP contribution in [0.3, 0.4) is 0 Å². The zero-order chi connectivity index (χ0) is 15.9. The van der Waals surface area contributed by atoms with E-state index in [1.165, 1.54) is 0 Å². The first kappa shape index (κ1) is 19.3. The highest BCUT2D eigenvalue weighted by atomic mass is 35.5. The number of hydrogen-bond donors (Lipinski definition) is 2. The molecule has 1 saturated heterocycles. The van der Waals surface area contributed by atoms with Crippen molar-refractivity contribution in [2.75, 3.05) is 25.0 Å². The number of hydrogen-bond acceptors (Lipinski definition) is 4. The van der Waals surface area contributed by atoms with Gasteiger partial charge in [-0.1, -0.05) is 18.6 Å². The number of nitrogens with zero attached hydrogens (tertiary/aromatic N) is 1. The molecule has 7 heteroatoms. The van der Waals surface area contributed by atoms with Crippen LogP contribution in [0.5, 0.6) is 5.75 Å². The van der Waals surface area contributed by atoms with Gasteiger partial charge in [-0.25, -0.2) is 0 Å². The standard InChI is InChI=1S/C16H22N2O4.ClH/c1-2-22-14-9-4-3-7-12(14)17-15(19)11-18-10-6-5-8-13(18)16(20)21;/h3-4,7,9,13H,2,5-6,8,10-11H2,1H3,(H,17,19)(H,20,21);1H. The first-order valence-corrected chi connectivity index (χ1v) is 7.60. The van der Waals surface area contributed by atoms with Crippen LogP contribution in [0.4, 0.5) is 5.69 Å². The van der Waals surface area contributed by atoms with Crippen LogP contribution in [-0.2, 0) is 9.59 Å². The fraction of sp³-hybridized carbons (Fsp3) is 0.500. The smallest absolute Gasteiger partial charge is 0.320 e. The van der Waals surface area contributed by atoms with Crippen molar-refractivity contribution >= 4 is 30.0 Å². The normalized spacial score (nSPS) is 17.9. The van der Waals surface area contributed by atoms with Crippen LogP contribution in [-0.4, -0.2) is 47.6 Å². The Hall–Kier alpha value is -1.79. The van der Waals surface area contributed by atoms with E-state index in [1.807, 2.05) is 19.1 Å². The molecule has 1 amide bonds. The summed E-state index contributed by atoms with van der Waals surface area (Å²) in [6.07, 6.45) is 2.41. The van der Waals surface area contributed by atoms with E-state index in [2.05, 4.69) is 5.32 Å². The molecule has 23 heavy (non-hydrogen) atoms. The van der Waals surface area contributed by atoms with Gasteiger partial charge in [0.05, 0.1) is 18.8 Å². The van der Waals surface area contributed by atoms with Crippen molar-refractivity contribution < 1.29 is 19.4 Å². The van der Waals surface area contributed by atoms with E-state index >= 15 is 0 Å². The molecule has 0 bridgehead atoms. The van der Waals surface area contributed by atoms with Gasteiger partial charge in [-0.15, -0.1) is 12.4 Å². The SMILES string of the molecule is CCOc1ccccc1NC(=O)CN1CCCCC1C(=O)O.Cl. The number of amides is 1. The van der Waals surface area contributed by atoms with Crippen LogP contribution in [0.1, 0.15) is 26.2 Å². The van der Waals surface area contributed by atoms with Crippen LogP contribution in [0.15, 0.2) is 24.3 Å². The number of likely N-dealkylation sites (tertiary alicyclic amines) is 1. The average Bonchev–Trinajstić information content (AvgIpc) is 2.50. The number of carboxylic acids is 1. The Kier molecular flexibility index (Phi) is 7.85. The summed E-state index contributed by atoms with van der Waals surface area (Å²) in [4.78, 5) is 25.2. The number of benzene rings is 1. The maximum atomic E-state index is 12.2. The van der Waals surface area contributed by atoms with Crippen molar-refractivity contribution in [3.63, 3.8) is 0 Å². The van der Waals surface area contributed by atoms with Crippen molar-refractivity contribution in [1.82, 2.24) is 4.90 Å². The molecule has 128 valence electrons. The van der Waals surface area contributed by atoms with Gasteiger partial charge in [0.1, 0.15) is 11.8 Å². The minimum absolute atomic E-state index is 0. The number of aliphatic carboxylic acids is 1. The molecule has 1 atom stereocenters. The number of halogens is 1. The monoisotopic (exact) mass is 342 g/mol. The van der Waals surface area contributed by atoms with Crippen LogP contribution in [0.2, 0.25) is 0 Å². The predicted octanol–water partition coefficient (Wildman–Crippen LogP) is 2.38. The van der Waals surface area contributed by atoms with E-state index in [9.17, 15) is 14.7 Å². The summed E-state index contributed by atoms with van der Waals surface area (Å²) in [7, 11) is 0. The van der Waals surface area contributed by atoms with E-state index in [4.69, 9.17) is 4.74 Å². The van der Waals surface area contributed by atoms with Gasteiger partial charge in [0.2, 0.25) is 5.91 Å². The summed E-state index contributed by atoms with van der Waals surface area (Å²) in [6, 6.07) is 6.65. The van der Waals surface area contributed by atoms with Crippen LogP contribution >= 0.6 is 12.4 Å². The Bertz CT molecular complexity index is 539. The Morgan fingerprint density at radius 2 is 2.09 bits per heavy atom. The largest absolute Gasteiger partial charge is 0.492 e. The van der Waals surface area contributed by atoms with E-state index in [0.717, 1.165) is 12.8 Å². The predicted molar refractivity (Wildman–Crippen MR) is 90.3 cm³/mol. The zero-order valence-electron chi connectivity index (χ0n) is 13.2. The molecule has 2 N–H and O–H groups in total. The first-order chi connectivity index (χ1) is 10.6. The maximum Gasteiger partial charge on any atom is 0.320 e. The minimum Gasteiger partial charge on any atom is -0.492 e. The van der Waals surface area contributed by atoms with Crippen molar-refractivity contribution in [1.29, 1.82) is 0 Å².